The molecule has 2 aromatic rings. The number of ether oxygens (including phenoxy) is 1. The first-order valence-corrected chi connectivity index (χ1v) is 6.29. The molecule has 0 aliphatic carbocycles. The SMILES string of the molecule is COc1ccc(C(Cc2c(F)cccc2F)NN)c(F)c1. The zero-order chi connectivity index (χ0) is 15.4. The highest BCUT2D eigenvalue weighted by Crippen LogP contribution is 2.26. The zero-order valence-electron chi connectivity index (χ0n) is 11.4. The molecule has 0 saturated heterocycles. The fraction of sp³-hybridized carbons (Fsp3) is 0.200. The molecule has 2 aromatic carbocycles. The van der Waals surface area contributed by atoms with Crippen molar-refractivity contribution in [1.29, 1.82) is 0 Å². The Hall–Kier alpha value is -2.05. The Kier molecular flexibility index (Phi) is 4.82. The van der Waals surface area contributed by atoms with Gasteiger partial charge in [-0.1, -0.05) is 12.1 Å². The first-order valence-electron chi connectivity index (χ1n) is 6.29. The minimum Gasteiger partial charge on any atom is -0.497 e. The van der Waals surface area contributed by atoms with Gasteiger partial charge in [-0.15, -0.1) is 0 Å². The predicted octanol–water partition coefficient (Wildman–Crippen LogP) is 2.86. The van der Waals surface area contributed by atoms with Gasteiger partial charge in [0.2, 0.25) is 0 Å². The van der Waals surface area contributed by atoms with Crippen molar-refractivity contribution in [3.05, 3.63) is 65.0 Å². The number of hydrazine groups is 1. The molecule has 6 heteroatoms. The average Bonchev–Trinajstić information content (AvgIpc) is 2.47. The topological polar surface area (TPSA) is 47.3 Å². The highest BCUT2D eigenvalue weighted by molar-refractivity contribution is 5.32. The summed E-state index contributed by atoms with van der Waals surface area (Å²) in [5.74, 6) is 3.81. The van der Waals surface area contributed by atoms with Crippen molar-refractivity contribution in [3.63, 3.8) is 0 Å². The number of benzene rings is 2. The standard InChI is InChI=1S/C15H15F3N2O/c1-21-9-5-6-10(14(18)7-9)15(20-19)8-11-12(16)3-2-4-13(11)17/h2-7,15,20H,8,19H2,1H3. The maximum atomic E-state index is 14.0. The van der Waals surface area contributed by atoms with Crippen LogP contribution < -0.4 is 16.0 Å². The highest BCUT2D eigenvalue weighted by atomic mass is 19.1. The summed E-state index contributed by atoms with van der Waals surface area (Å²) in [6.07, 6.45) is -0.113. The van der Waals surface area contributed by atoms with Gasteiger partial charge in [0, 0.05) is 17.2 Å². The number of nitrogens with one attached hydrogen (secondary N) is 1. The van der Waals surface area contributed by atoms with Crippen LogP contribution in [0.3, 0.4) is 0 Å². The molecule has 3 N–H and O–H groups in total. The van der Waals surface area contributed by atoms with E-state index in [4.69, 9.17) is 10.6 Å². The van der Waals surface area contributed by atoms with E-state index in [1.165, 1.54) is 25.3 Å². The molecular formula is C15H15F3N2O. The number of hydrogen-bond acceptors (Lipinski definition) is 3. The number of nitrogens with two attached hydrogens (primary N) is 1. The van der Waals surface area contributed by atoms with Gasteiger partial charge in [0.15, 0.2) is 0 Å². The molecule has 1 atom stereocenters. The molecule has 0 aliphatic heterocycles. The Morgan fingerprint density at radius 1 is 1.10 bits per heavy atom. The third-order valence-electron chi connectivity index (χ3n) is 3.25. The van der Waals surface area contributed by atoms with Crippen LogP contribution in [-0.2, 0) is 6.42 Å². The third-order valence-corrected chi connectivity index (χ3v) is 3.25. The van der Waals surface area contributed by atoms with Gasteiger partial charge in [0.25, 0.3) is 0 Å². The Labute approximate surface area is 120 Å². The van der Waals surface area contributed by atoms with Crippen molar-refractivity contribution in [2.24, 2.45) is 5.84 Å². The predicted molar refractivity (Wildman–Crippen MR) is 73.1 cm³/mol. The van der Waals surface area contributed by atoms with Crippen LogP contribution in [0.1, 0.15) is 17.2 Å². The zero-order valence-corrected chi connectivity index (χ0v) is 11.4. The average molecular weight is 296 g/mol. The number of rotatable bonds is 5. The van der Waals surface area contributed by atoms with E-state index in [1.54, 1.807) is 6.07 Å². The lowest BCUT2D eigenvalue weighted by Crippen LogP contribution is -2.30. The maximum Gasteiger partial charge on any atom is 0.131 e. The van der Waals surface area contributed by atoms with Crippen LogP contribution in [0.15, 0.2) is 36.4 Å². The van der Waals surface area contributed by atoms with E-state index in [-0.39, 0.29) is 17.5 Å². The Bertz CT molecular complexity index is 614. The summed E-state index contributed by atoms with van der Waals surface area (Å²) >= 11 is 0. The normalized spacial score (nSPS) is 12.2. The molecule has 0 radical (unpaired) electrons. The monoisotopic (exact) mass is 296 g/mol. The second-order valence-electron chi connectivity index (χ2n) is 4.51. The van der Waals surface area contributed by atoms with Crippen LogP contribution >= 0.6 is 0 Å². The second kappa shape index (κ2) is 6.60. The number of hydrogen-bond donors (Lipinski definition) is 2. The van der Waals surface area contributed by atoms with Crippen LogP contribution in [0, 0.1) is 17.5 Å². The summed E-state index contributed by atoms with van der Waals surface area (Å²) in [6.45, 7) is 0. The molecule has 0 aromatic heterocycles. The summed E-state index contributed by atoms with van der Waals surface area (Å²) in [4.78, 5) is 0. The minimum atomic E-state index is -0.762. The summed E-state index contributed by atoms with van der Waals surface area (Å²) in [6, 6.07) is 7.02. The fourth-order valence-electron chi connectivity index (χ4n) is 2.11. The van der Waals surface area contributed by atoms with Crippen molar-refractivity contribution in [1.82, 2.24) is 5.43 Å². The lowest BCUT2D eigenvalue weighted by Gasteiger charge is -2.18. The molecular weight excluding hydrogens is 281 g/mol. The quantitative estimate of drug-likeness (QED) is 0.659. The summed E-state index contributed by atoms with van der Waals surface area (Å²) < 4.78 is 46.2. The van der Waals surface area contributed by atoms with Gasteiger partial charge in [-0.3, -0.25) is 11.3 Å². The number of methoxy groups -OCH3 is 1. The van der Waals surface area contributed by atoms with Crippen LogP contribution in [-0.4, -0.2) is 7.11 Å². The second-order valence-corrected chi connectivity index (χ2v) is 4.51. The molecule has 0 amide bonds. The molecule has 0 bridgehead atoms. The first-order chi connectivity index (χ1) is 10.1. The van der Waals surface area contributed by atoms with Gasteiger partial charge in [-0.05, 0) is 24.6 Å². The third kappa shape index (κ3) is 3.34. The molecule has 1 unspecified atom stereocenters. The molecule has 0 fully saturated rings. The van der Waals surface area contributed by atoms with E-state index < -0.39 is 23.5 Å². The van der Waals surface area contributed by atoms with Crippen molar-refractivity contribution in [3.8, 4) is 5.75 Å². The van der Waals surface area contributed by atoms with Gasteiger partial charge in [-0.2, -0.15) is 0 Å². The highest BCUT2D eigenvalue weighted by Gasteiger charge is 2.19. The molecule has 0 spiro atoms. The first kappa shape index (κ1) is 15.3. The largest absolute Gasteiger partial charge is 0.497 e. The Morgan fingerprint density at radius 2 is 1.76 bits per heavy atom. The molecule has 3 nitrogen and oxygen atoms in total. The van der Waals surface area contributed by atoms with Gasteiger partial charge in [0.1, 0.15) is 23.2 Å². The van der Waals surface area contributed by atoms with E-state index in [9.17, 15) is 13.2 Å². The Morgan fingerprint density at radius 3 is 2.29 bits per heavy atom. The van der Waals surface area contributed by atoms with E-state index in [1.807, 2.05) is 0 Å². The molecule has 112 valence electrons. The molecule has 0 saturated carbocycles. The summed E-state index contributed by atoms with van der Waals surface area (Å²) in [5.41, 5.74) is 2.45. The van der Waals surface area contributed by atoms with Crippen LogP contribution in [0.5, 0.6) is 5.75 Å². The van der Waals surface area contributed by atoms with Crippen molar-refractivity contribution >= 4 is 0 Å². The van der Waals surface area contributed by atoms with Crippen LogP contribution in [0.25, 0.3) is 0 Å². The number of halogens is 3. The maximum absolute atomic E-state index is 14.0. The van der Waals surface area contributed by atoms with E-state index in [0.29, 0.717) is 5.75 Å². The van der Waals surface area contributed by atoms with Crippen LogP contribution in [0.2, 0.25) is 0 Å². The van der Waals surface area contributed by atoms with E-state index >= 15 is 0 Å². The van der Waals surface area contributed by atoms with Gasteiger partial charge >= 0.3 is 0 Å². The Balaban J connectivity index is 2.32. The lowest BCUT2D eigenvalue weighted by atomic mass is 9.98. The van der Waals surface area contributed by atoms with Crippen molar-refractivity contribution < 1.29 is 17.9 Å². The van der Waals surface area contributed by atoms with Crippen molar-refractivity contribution in [2.45, 2.75) is 12.5 Å². The van der Waals surface area contributed by atoms with E-state index in [0.717, 1.165) is 12.1 Å². The van der Waals surface area contributed by atoms with Gasteiger partial charge in [0.05, 0.1) is 13.2 Å². The smallest absolute Gasteiger partial charge is 0.131 e. The minimum absolute atomic E-state index is 0.113. The molecule has 0 aliphatic rings. The summed E-state index contributed by atoms with van der Waals surface area (Å²) in [7, 11) is 1.42. The van der Waals surface area contributed by atoms with Crippen molar-refractivity contribution in [2.75, 3.05) is 7.11 Å². The van der Waals surface area contributed by atoms with Gasteiger partial charge in [-0.25, -0.2) is 13.2 Å². The van der Waals surface area contributed by atoms with Gasteiger partial charge < -0.3 is 4.74 Å². The van der Waals surface area contributed by atoms with Crippen LogP contribution in [0.4, 0.5) is 13.2 Å². The molecule has 2 rings (SSSR count). The fourth-order valence-corrected chi connectivity index (χ4v) is 2.11. The molecule has 0 heterocycles. The molecule has 21 heavy (non-hydrogen) atoms. The van der Waals surface area contributed by atoms with E-state index in [2.05, 4.69) is 5.43 Å². The summed E-state index contributed by atoms with van der Waals surface area (Å²) in [5, 5.41) is 0. The lowest BCUT2D eigenvalue weighted by molar-refractivity contribution is 0.408.